The molecule has 0 bridgehead atoms. The fourth-order valence-electron chi connectivity index (χ4n) is 2.43. The van der Waals surface area contributed by atoms with Crippen LogP contribution in [0.1, 0.15) is 21.1 Å². The number of nitrogens with one attached hydrogen (secondary N) is 1. The lowest BCUT2D eigenvalue weighted by Crippen LogP contribution is -2.20. The van der Waals surface area contributed by atoms with Crippen LogP contribution in [0.25, 0.3) is 0 Å². The molecule has 0 aliphatic heterocycles. The summed E-state index contributed by atoms with van der Waals surface area (Å²) < 4.78 is 10.7. The molecular formula is C21H20N2O4S2. The highest BCUT2D eigenvalue weighted by Gasteiger charge is 2.11. The number of nitrogens with zero attached hydrogens (tertiary/aromatic N) is 1. The second-order valence-corrected chi connectivity index (χ2v) is 7.97. The van der Waals surface area contributed by atoms with Crippen LogP contribution in [-0.2, 0) is 16.1 Å². The number of benzene rings is 2. The average Bonchev–Trinajstić information content (AvgIpc) is 3.16. The first kappa shape index (κ1) is 20.9. The second-order valence-electron chi connectivity index (χ2n) is 6.03. The minimum Gasteiger partial charge on any atom is -0.487 e. The van der Waals surface area contributed by atoms with Crippen LogP contribution in [0, 0.1) is 6.92 Å². The molecule has 1 heterocycles. The summed E-state index contributed by atoms with van der Waals surface area (Å²) in [6.07, 6.45) is 1.96. The third-order valence-electron chi connectivity index (χ3n) is 3.83. The SMILES string of the molecule is CSc1cccc(NC(=O)COC(=O)c2ccc(OCc3csc(C)n3)cc2)c1. The third-order valence-corrected chi connectivity index (χ3v) is 5.38. The van der Waals surface area contributed by atoms with Crippen molar-refractivity contribution in [2.45, 2.75) is 18.4 Å². The Morgan fingerprint density at radius 3 is 2.66 bits per heavy atom. The minimum atomic E-state index is -0.570. The summed E-state index contributed by atoms with van der Waals surface area (Å²) in [5.74, 6) is -0.339. The molecule has 29 heavy (non-hydrogen) atoms. The molecule has 0 atom stereocenters. The summed E-state index contributed by atoms with van der Waals surface area (Å²) in [5, 5.41) is 5.65. The number of anilines is 1. The maximum absolute atomic E-state index is 12.1. The van der Waals surface area contributed by atoms with E-state index in [1.165, 1.54) is 0 Å². The quantitative estimate of drug-likeness (QED) is 0.419. The van der Waals surface area contributed by atoms with Gasteiger partial charge in [-0.25, -0.2) is 9.78 Å². The summed E-state index contributed by atoms with van der Waals surface area (Å²) in [6.45, 7) is 1.95. The summed E-state index contributed by atoms with van der Waals surface area (Å²) in [6, 6.07) is 14.0. The number of esters is 1. The monoisotopic (exact) mass is 428 g/mol. The molecule has 6 nitrogen and oxygen atoms in total. The molecule has 1 amide bonds. The molecule has 150 valence electrons. The van der Waals surface area contributed by atoms with Gasteiger partial charge < -0.3 is 14.8 Å². The molecule has 3 rings (SSSR count). The molecule has 0 aliphatic rings. The van der Waals surface area contributed by atoms with E-state index < -0.39 is 11.9 Å². The van der Waals surface area contributed by atoms with E-state index in [9.17, 15) is 9.59 Å². The van der Waals surface area contributed by atoms with Gasteiger partial charge in [0, 0.05) is 16.0 Å². The number of aromatic nitrogens is 1. The first-order valence-electron chi connectivity index (χ1n) is 8.78. The molecule has 2 aromatic carbocycles. The van der Waals surface area contributed by atoms with Crippen molar-refractivity contribution in [2.24, 2.45) is 0 Å². The lowest BCUT2D eigenvalue weighted by atomic mass is 10.2. The van der Waals surface area contributed by atoms with Crippen molar-refractivity contribution < 1.29 is 19.1 Å². The van der Waals surface area contributed by atoms with Crippen LogP contribution in [0.2, 0.25) is 0 Å². The molecule has 0 saturated heterocycles. The van der Waals surface area contributed by atoms with Crippen LogP contribution in [0.4, 0.5) is 5.69 Å². The molecule has 0 saturated carbocycles. The Labute approximate surface area is 177 Å². The van der Waals surface area contributed by atoms with Crippen molar-refractivity contribution in [3.05, 3.63) is 70.2 Å². The van der Waals surface area contributed by atoms with Crippen molar-refractivity contribution in [3.63, 3.8) is 0 Å². The van der Waals surface area contributed by atoms with Crippen molar-refractivity contribution >= 4 is 40.7 Å². The van der Waals surface area contributed by atoms with Crippen molar-refractivity contribution in [1.29, 1.82) is 0 Å². The van der Waals surface area contributed by atoms with E-state index in [0.29, 0.717) is 23.6 Å². The number of rotatable bonds is 8. The third kappa shape index (κ3) is 6.33. The van der Waals surface area contributed by atoms with E-state index in [0.717, 1.165) is 15.6 Å². The fraction of sp³-hybridized carbons (Fsp3) is 0.190. The zero-order valence-electron chi connectivity index (χ0n) is 16.0. The molecule has 0 spiro atoms. The van der Waals surface area contributed by atoms with Crippen molar-refractivity contribution in [3.8, 4) is 5.75 Å². The normalized spacial score (nSPS) is 10.4. The van der Waals surface area contributed by atoms with E-state index in [1.54, 1.807) is 53.4 Å². The van der Waals surface area contributed by atoms with Gasteiger partial charge in [0.15, 0.2) is 6.61 Å². The molecule has 8 heteroatoms. The number of thioether (sulfide) groups is 1. The Morgan fingerprint density at radius 2 is 1.97 bits per heavy atom. The zero-order chi connectivity index (χ0) is 20.6. The molecule has 1 aromatic heterocycles. The number of hydrogen-bond acceptors (Lipinski definition) is 7. The number of ether oxygens (including phenoxy) is 2. The Hall–Kier alpha value is -2.84. The topological polar surface area (TPSA) is 77.5 Å². The fourth-order valence-corrected chi connectivity index (χ4v) is 3.49. The van der Waals surface area contributed by atoms with Gasteiger partial charge in [-0.3, -0.25) is 4.79 Å². The number of carbonyl (C=O) groups is 2. The zero-order valence-corrected chi connectivity index (χ0v) is 17.6. The first-order valence-corrected chi connectivity index (χ1v) is 10.9. The van der Waals surface area contributed by atoms with Crippen LogP contribution in [0.15, 0.2) is 58.8 Å². The standard InChI is InChI=1S/C21H20N2O4S2/c1-14-22-17(13-29-14)11-26-18-8-6-15(7-9-18)21(25)27-12-20(24)23-16-4-3-5-19(10-16)28-2/h3-10,13H,11-12H2,1-2H3,(H,23,24). The predicted octanol–water partition coefficient (Wildman–Crippen LogP) is 4.55. The summed E-state index contributed by atoms with van der Waals surface area (Å²) in [7, 11) is 0. The van der Waals surface area contributed by atoms with E-state index >= 15 is 0 Å². The number of hydrogen-bond donors (Lipinski definition) is 1. The Kier molecular flexibility index (Phi) is 7.26. The van der Waals surface area contributed by atoms with E-state index in [1.807, 2.05) is 36.8 Å². The predicted molar refractivity (Wildman–Crippen MR) is 115 cm³/mol. The molecule has 1 N–H and O–H groups in total. The van der Waals surface area contributed by atoms with Gasteiger partial charge in [0.05, 0.1) is 16.3 Å². The Bertz CT molecular complexity index is 986. The smallest absolute Gasteiger partial charge is 0.338 e. The maximum atomic E-state index is 12.1. The van der Waals surface area contributed by atoms with Gasteiger partial charge in [0.1, 0.15) is 12.4 Å². The van der Waals surface area contributed by atoms with Crippen LogP contribution in [0.3, 0.4) is 0 Å². The van der Waals surface area contributed by atoms with Gasteiger partial charge in [0.25, 0.3) is 5.91 Å². The molecule has 0 fully saturated rings. The van der Waals surface area contributed by atoms with Gasteiger partial charge in [-0.05, 0) is 55.6 Å². The molecular weight excluding hydrogens is 408 g/mol. The van der Waals surface area contributed by atoms with Crippen molar-refractivity contribution in [1.82, 2.24) is 4.98 Å². The van der Waals surface area contributed by atoms with Gasteiger partial charge in [0.2, 0.25) is 0 Å². The number of thiazole rings is 1. The summed E-state index contributed by atoms with van der Waals surface area (Å²) in [5.41, 5.74) is 1.87. The summed E-state index contributed by atoms with van der Waals surface area (Å²) >= 11 is 3.15. The minimum absolute atomic E-state index is 0.346. The maximum Gasteiger partial charge on any atom is 0.338 e. The van der Waals surface area contributed by atoms with Crippen LogP contribution >= 0.6 is 23.1 Å². The average molecular weight is 429 g/mol. The van der Waals surface area contributed by atoms with E-state index in [4.69, 9.17) is 9.47 Å². The molecule has 3 aromatic rings. The van der Waals surface area contributed by atoms with E-state index in [-0.39, 0.29) is 6.61 Å². The number of amides is 1. The Balaban J connectivity index is 1.46. The molecule has 0 radical (unpaired) electrons. The van der Waals surface area contributed by atoms with Gasteiger partial charge in [-0.2, -0.15) is 0 Å². The first-order chi connectivity index (χ1) is 14.0. The molecule has 0 unspecified atom stereocenters. The van der Waals surface area contributed by atoms with Gasteiger partial charge in [-0.1, -0.05) is 6.07 Å². The summed E-state index contributed by atoms with van der Waals surface area (Å²) in [4.78, 5) is 29.5. The van der Waals surface area contributed by atoms with Gasteiger partial charge in [-0.15, -0.1) is 23.1 Å². The molecule has 0 aliphatic carbocycles. The lowest BCUT2D eigenvalue weighted by Gasteiger charge is -2.08. The highest BCUT2D eigenvalue weighted by atomic mass is 32.2. The van der Waals surface area contributed by atoms with Crippen LogP contribution in [0.5, 0.6) is 5.75 Å². The highest BCUT2D eigenvalue weighted by molar-refractivity contribution is 7.98. The number of aryl methyl sites for hydroxylation is 1. The van der Waals surface area contributed by atoms with Crippen LogP contribution in [-0.4, -0.2) is 29.7 Å². The van der Waals surface area contributed by atoms with Crippen LogP contribution < -0.4 is 10.1 Å². The van der Waals surface area contributed by atoms with Crippen molar-refractivity contribution in [2.75, 3.05) is 18.2 Å². The van der Waals surface area contributed by atoms with E-state index in [2.05, 4.69) is 10.3 Å². The Morgan fingerprint density at radius 1 is 1.17 bits per heavy atom. The second kappa shape index (κ2) is 10.1. The lowest BCUT2D eigenvalue weighted by molar-refractivity contribution is -0.119. The largest absolute Gasteiger partial charge is 0.487 e. The number of carbonyl (C=O) groups excluding carboxylic acids is 2. The van der Waals surface area contributed by atoms with Gasteiger partial charge >= 0.3 is 5.97 Å². The highest BCUT2D eigenvalue weighted by Crippen LogP contribution is 2.19.